The van der Waals surface area contributed by atoms with Crippen molar-refractivity contribution >= 4 is 11.9 Å². The van der Waals surface area contributed by atoms with E-state index in [1.165, 1.54) is 0 Å². The molecule has 2 aliphatic heterocycles. The van der Waals surface area contributed by atoms with E-state index in [0.717, 1.165) is 12.8 Å². The zero-order valence-corrected chi connectivity index (χ0v) is 5.87. The Morgan fingerprint density at radius 2 is 2.45 bits per heavy atom. The van der Waals surface area contributed by atoms with Gasteiger partial charge in [-0.1, -0.05) is 0 Å². The summed E-state index contributed by atoms with van der Waals surface area (Å²) >= 11 is 0. The van der Waals surface area contributed by atoms with Gasteiger partial charge in [0.1, 0.15) is 5.54 Å². The van der Waals surface area contributed by atoms with Crippen molar-refractivity contribution in [1.29, 1.82) is 0 Å². The molecule has 0 atom stereocenters. The molecule has 1 amide bonds. The van der Waals surface area contributed by atoms with Crippen LogP contribution in [0.3, 0.4) is 0 Å². The number of amides is 1. The van der Waals surface area contributed by atoms with Gasteiger partial charge in [0.2, 0.25) is 5.96 Å². The average molecular weight is 149 g/mol. The number of fused-ring (bicyclic) bond motifs is 2. The molecule has 0 unspecified atom stereocenters. The lowest BCUT2D eigenvalue weighted by molar-refractivity contribution is -0.120. The first-order chi connectivity index (χ1) is 5.33. The van der Waals surface area contributed by atoms with Gasteiger partial charge < -0.3 is 10.2 Å². The van der Waals surface area contributed by atoms with Crippen molar-refractivity contribution in [3.05, 3.63) is 12.4 Å². The van der Waals surface area contributed by atoms with Crippen LogP contribution in [-0.2, 0) is 4.79 Å². The molecule has 3 aliphatic rings. The number of hydrogen-bond donors (Lipinski definition) is 1. The third kappa shape index (κ3) is 0.440. The fraction of sp³-hybridized carbons (Fsp3) is 0.429. The minimum absolute atomic E-state index is 0.0179. The molecule has 0 aromatic rings. The summed E-state index contributed by atoms with van der Waals surface area (Å²) in [5.74, 6) is 0.719. The Labute approximate surface area is 63.6 Å². The summed E-state index contributed by atoms with van der Waals surface area (Å²) in [7, 11) is 0. The highest BCUT2D eigenvalue weighted by atomic mass is 16.2. The molecule has 1 aliphatic carbocycles. The molecule has 0 aromatic carbocycles. The zero-order valence-electron chi connectivity index (χ0n) is 5.87. The van der Waals surface area contributed by atoms with Crippen molar-refractivity contribution in [3.63, 3.8) is 0 Å². The number of carbonyl (C=O) groups is 1. The molecule has 1 N–H and O–H groups in total. The van der Waals surface area contributed by atoms with Crippen molar-refractivity contribution < 1.29 is 4.79 Å². The van der Waals surface area contributed by atoms with E-state index in [4.69, 9.17) is 0 Å². The van der Waals surface area contributed by atoms with Crippen LogP contribution in [0.4, 0.5) is 0 Å². The molecule has 0 aromatic heterocycles. The Hall–Kier alpha value is -1.32. The van der Waals surface area contributed by atoms with Crippen LogP contribution in [0.1, 0.15) is 12.8 Å². The van der Waals surface area contributed by atoms with Crippen LogP contribution in [0.15, 0.2) is 17.4 Å². The van der Waals surface area contributed by atoms with Gasteiger partial charge in [-0.25, -0.2) is 0 Å². The Morgan fingerprint density at radius 3 is 3.18 bits per heavy atom. The number of guanidine groups is 1. The molecular formula is C7H7N3O. The van der Waals surface area contributed by atoms with Crippen LogP contribution < -0.4 is 5.32 Å². The minimum Gasteiger partial charge on any atom is -0.331 e. The first-order valence-electron chi connectivity index (χ1n) is 3.69. The Bertz CT molecular complexity index is 301. The van der Waals surface area contributed by atoms with E-state index in [2.05, 4.69) is 10.3 Å². The first kappa shape index (κ1) is 5.35. The summed E-state index contributed by atoms with van der Waals surface area (Å²) < 4.78 is 0. The van der Waals surface area contributed by atoms with Crippen LogP contribution in [0.25, 0.3) is 0 Å². The van der Waals surface area contributed by atoms with E-state index in [1.807, 2.05) is 17.3 Å². The molecule has 3 rings (SSSR count). The maximum absolute atomic E-state index is 11.3. The minimum atomic E-state index is -0.255. The van der Waals surface area contributed by atoms with Gasteiger partial charge in [0, 0.05) is 12.4 Å². The number of nitrogens with one attached hydrogen (secondary N) is 1. The molecule has 4 heteroatoms. The highest BCUT2D eigenvalue weighted by Crippen LogP contribution is 2.46. The first-order valence-corrected chi connectivity index (χ1v) is 3.69. The summed E-state index contributed by atoms with van der Waals surface area (Å²) in [5.41, 5.74) is -0.255. The maximum Gasteiger partial charge on any atom is 0.275 e. The molecule has 0 saturated heterocycles. The second-order valence-corrected chi connectivity index (χ2v) is 3.10. The SMILES string of the molecule is O=C1N=C2NC=CN2C12CC2. The predicted octanol–water partition coefficient (Wildman–Crippen LogP) is -0.208. The third-order valence-corrected chi connectivity index (χ3v) is 2.45. The fourth-order valence-corrected chi connectivity index (χ4v) is 1.63. The Morgan fingerprint density at radius 1 is 1.64 bits per heavy atom. The standard InChI is InChI=1S/C7H7N3O/c11-5-7(1-2-7)10-4-3-8-6(10)9-5/h3-4H,1-2H2,(H,8,9,11). The fourth-order valence-electron chi connectivity index (χ4n) is 1.63. The molecule has 0 bridgehead atoms. The molecular weight excluding hydrogens is 142 g/mol. The quantitative estimate of drug-likeness (QED) is 0.518. The molecule has 1 fully saturated rings. The molecule has 2 heterocycles. The van der Waals surface area contributed by atoms with Crippen LogP contribution in [-0.4, -0.2) is 22.3 Å². The smallest absolute Gasteiger partial charge is 0.275 e. The molecule has 1 saturated carbocycles. The predicted molar refractivity (Wildman–Crippen MR) is 38.5 cm³/mol. The van der Waals surface area contributed by atoms with Crippen LogP contribution in [0.2, 0.25) is 0 Å². The topological polar surface area (TPSA) is 44.7 Å². The molecule has 56 valence electrons. The number of aliphatic imine (C=N–C) groups is 1. The second-order valence-electron chi connectivity index (χ2n) is 3.10. The lowest BCUT2D eigenvalue weighted by Crippen LogP contribution is -2.36. The molecule has 1 spiro atoms. The van der Waals surface area contributed by atoms with Crippen molar-refractivity contribution in [1.82, 2.24) is 10.2 Å². The van der Waals surface area contributed by atoms with Gasteiger partial charge in [-0.15, -0.1) is 0 Å². The van der Waals surface area contributed by atoms with Gasteiger partial charge in [-0.2, -0.15) is 4.99 Å². The molecule has 11 heavy (non-hydrogen) atoms. The summed E-state index contributed by atoms with van der Waals surface area (Å²) in [6, 6.07) is 0. The second kappa shape index (κ2) is 1.32. The monoisotopic (exact) mass is 149 g/mol. The van der Waals surface area contributed by atoms with Gasteiger partial charge in [0.05, 0.1) is 0 Å². The zero-order chi connectivity index (χ0) is 7.47. The van der Waals surface area contributed by atoms with Gasteiger partial charge in [-0.3, -0.25) is 4.79 Å². The van der Waals surface area contributed by atoms with Crippen molar-refractivity contribution in [2.45, 2.75) is 18.4 Å². The summed E-state index contributed by atoms with van der Waals surface area (Å²) in [6.45, 7) is 0. The summed E-state index contributed by atoms with van der Waals surface area (Å²) in [4.78, 5) is 17.1. The van der Waals surface area contributed by atoms with Crippen LogP contribution in [0, 0.1) is 0 Å². The lowest BCUT2D eigenvalue weighted by atomic mass is 10.2. The van der Waals surface area contributed by atoms with Crippen LogP contribution >= 0.6 is 0 Å². The van der Waals surface area contributed by atoms with Crippen molar-refractivity contribution in [3.8, 4) is 0 Å². The maximum atomic E-state index is 11.3. The average Bonchev–Trinajstić information content (AvgIpc) is 2.61. The van der Waals surface area contributed by atoms with E-state index in [9.17, 15) is 4.79 Å². The summed E-state index contributed by atoms with van der Waals surface area (Å²) in [6.07, 6.45) is 5.60. The number of nitrogens with zero attached hydrogens (tertiary/aromatic N) is 2. The van der Waals surface area contributed by atoms with E-state index in [1.54, 1.807) is 0 Å². The highest BCUT2D eigenvalue weighted by molar-refractivity contribution is 6.09. The normalized spacial score (nSPS) is 28.9. The Kier molecular flexibility index (Phi) is 0.642. The van der Waals surface area contributed by atoms with Gasteiger partial charge in [0.15, 0.2) is 0 Å². The molecule has 0 radical (unpaired) electrons. The summed E-state index contributed by atoms with van der Waals surface area (Å²) in [5, 5.41) is 2.92. The lowest BCUT2D eigenvalue weighted by Gasteiger charge is -2.15. The van der Waals surface area contributed by atoms with E-state index >= 15 is 0 Å². The van der Waals surface area contributed by atoms with E-state index < -0.39 is 0 Å². The van der Waals surface area contributed by atoms with Gasteiger partial charge in [-0.05, 0) is 12.8 Å². The van der Waals surface area contributed by atoms with Crippen molar-refractivity contribution in [2.75, 3.05) is 0 Å². The van der Waals surface area contributed by atoms with Gasteiger partial charge >= 0.3 is 0 Å². The largest absolute Gasteiger partial charge is 0.331 e. The number of rotatable bonds is 0. The number of hydrogen-bond acceptors (Lipinski definition) is 3. The third-order valence-electron chi connectivity index (χ3n) is 2.45. The van der Waals surface area contributed by atoms with Crippen LogP contribution in [0.5, 0.6) is 0 Å². The van der Waals surface area contributed by atoms with E-state index in [0.29, 0.717) is 5.96 Å². The van der Waals surface area contributed by atoms with Crippen molar-refractivity contribution in [2.24, 2.45) is 4.99 Å². The molecule has 4 nitrogen and oxygen atoms in total. The number of carbonyl (C=O) groups excluding carboxylic acids is 1. The van der Waals surface area contributed by atoms with E-state index in [-0.39, 0.29) is 11.4 Å². The van der Waals surface area contributed by atoms with Gasteiger partial charge in [0.25, 0.3) is 5.91 Å². The highest BCUT2D eigenvalue weighted by Gasteiger charge is 2.59. The Balaban J connectivity index is 2.11.